The van der Waals surface area contributed by atoms with Crippen LogP contribution in [0, 0.1) is 5.92 Å². The van der Waals surface area contributed by atoms with Gasteiger partial charge in [-0.15, -0.1) is 0 Å². The van der Waals surface area contributed by atoms with Crippen molar-refractivity contribution in [1.82, 2.24) is 5.32 Å². The van der Waals surface area contributed by atoms with Crippen molar-refractivity contribution in [2.75, 3.05) is 6.54 Å². The summed E-state index contributed by atoms with van der Waals surface area (Å²) in [4.78, 5) is 0. The first-order valence-corrected chi connectivity index (χ1v) is 8.63. The molecular formula is C19H31N. The molecule has 1 aromatic rings. The van der Waals surface area contributed by atoms with Gasteiger partial charge < -0.3 is 5.32 Å². The third kappa shape index (κ3) is 3.85. The van der Waals surface area contributed by atoms with Crippen LogP contribution < -0.4 is 5.32 Å². The lowest BCUT2D eigenvalue weighted by Gasteiger charge is -2.23. The topological polar surface area (TPSA) is 12.0 Å². The van der Waals surface area contributed by atoms with E-state index in [1.165, 1.54) is 43.2 Å². The fourth-order valence-corrected chi connectivity index (χ4v) is 3.70. The molecule has 0 heterocycles. The Labute approximate surface area is 125 Å². The van der Waals surface area contributed by atoms with Crippen LogP contribution in [0.2, 0.25) is 0 Å². The van der Waals surface area contributed by atoms with E-state index in [1.807, 2.05) is 0 Å². The first-order chi connectivity index (χ1) is 9.78. The fourth-order valence-electron chi connectivity index (χ4n) is 3.70. The van der Waals surface area contributed by atoms with Crippen LogP contribution in [0.3, 0.4) is 0 Å². The molecule has 0 spiro atoms. The average molecular weight is 273 g/mol. The van der Waals surface area contributed by atoms with Gasteiger partial charge in [-0.05, 0) is 48.4 Å². The highest BCUT2D eigenvalue weighted by atomic mass is 14.9. The van der Waals surface area contributed by atoms with Gasteiger partial charge in [0.05, 0.1) is 0 Å². The van der Waals surface area contributed by atoms with Gasteiger partial charge in [0.15, 0.2) is 0 Å². The van der Waals surface area contributed by atoms with E-state index in [9.17, 15) is 0 Å². The Balaban J connectivity index is 2.14. The van der Waals surface area contributed by atoms with Crippen molar-refractivity contribution in [3.63, 3.8) is 0 Å². The summed E-state index contributed by atoms with van der Waals surface area (Å²) in [7, 11) is 0. The summed E-state index contributed by atoms with van der Waals surface area (Å²) >= 11 is 0. The first-order valence-electron chi connectivity index (χ1n) is 8.63. The van der Waals surface area contributed by atoms with Gasteiger partial charge in [0.1, 0.15) is 0 Å². The molecule has 1 unspecified atom stereocenters. The van der Waals surface area contributed by atoms with Crippen molar-refractivity contribution in [2.45, 2.75) is 71.8 Å². The van der Waals surface area contributed by atoms with Crippen molar-refractivity contribution in [3.05, 3.63) is 34.9 Å². The second-order valence-corrected chi connectivity index (χ2v) is 6.23. The highest BCUT2D eigenvalue weighted by Crippen LogP contribution is 2.33. The molecule has 0 bridgehead atoms. The van der Waals surface area contributed by atoms with E-state index in [0.717, 1.165) is 25.3 Å². The normalized spacial score (nSPS) is 17.6. The summed E-state index contributed by atoms with van der Waals surface area (Å²) in [6, 6.07) is 7.73. The SMILES string of the molecule is CCNC(CC1CCCC1)c1ccc(CC)c(CC)c1. The van der Waals surface area contributed by atoms with Crippen molar-refractivity contribution in [3.8, 4) is 0 Å². The summed E-state index contributed by atoms with van der Waals surface area (Å²) in [5.74, 6) is 0.940. The molecular weight excluding hydrogens is 242 g/mol. The Morgan fingerprint density at radius 3 is 2.35 bits per heavy atom. The van der Waals surface area contributed by atoms with Crippen molar-refractivity contribution in [1.29, 1.82) is 0 Å². The zero-order valence-electron chi connectivity index (χ0n) is 13.5. The Morgan fingerprint density at radius 2 is 1.75 bits per heavy atom. The second-order valence-electron chi connectivity index (χ2n) is 6.23. The number of hydrogen-bond acceptors (Lipinski definition) is 1. The molecule has 112 valence electrons. The van der Waals surface area contributed by atoms with E-state index in [4.69, 9.17) is 0 Å². The van der Waals surface area contributed by atoms with E-state index in [0.29, 0.717) is 6.04 Å². The first kappa shape index (κ1) is 15.6. The zero-order chi connectivity index (χ0) is 14.4. The maximum atomic E-state index is 3.71. The lowest BCUT2D eigenvalue weighted by molar-refractivity contribution is 0.400. The molecule has 0 amide bonds. The minimum atomic E-state index is 0.555. The van der Waals surface area contributed by atoms with Gasteiger partial charge in [-0.2, -0.15) is 0 Å². The lowest BCUT2D eigenvalue weighted by atomic mass is 9.90. The monoisotopic (exact) mass is 273 g/mol. The largest absolute Gasteiger partial charge is 0.310 e. The number of aryl methyl sites for hydroxylation is 2. The minimum absolute atomic E-state index is 0.555. The molecule has 1 heteroatoms. The van der Waals surface area contributed by atoms with Gasteiger partial charge in [-0.1, -0.05) is 64.7 Å². The number of rotatable bonds is 7. The predicted molar refractivity (Wildman–Crippen MR) is 88.2 cm³/mol. The smallest absolute Gasteiger partial charge is 0.0322 e. The zero-order valence-corrected chi connectivity index (χ0v) is 13.5. The van der Waals surface area contributed by atoms with Crippen LogP contribution in [0.25, 0.3) is 0 Å². The Bertz CT molecular complexity index is 404. The van der Waals surface area contributed by atoms with Gasteiger partial charge in [0, 0.05) is 6.04 Å². The molecule has 1 saturated carbocycles. The van der Waals surface area contributed by atoms with Crippen LogP contribution in [-0.2, 0) is 12.8 Å². The molecule has 1 nitrogen and oxygen atoms in total. The standard InChI is InChI=1S/C19H31N/c1-4-16-11-12-18(14-17(16)5-2)19(20-6-3)13-15-9-7-8-10-15/h11-12,14-15,19-20H,4-10,13H2,1-3H3. The minimum Gasteiger partial charge on any atom is -0.310 e. The van der Waals surface area contributed by atoms with Gasteiger partial charge in [0.25, 0.3) is 0 Å². The molecule has 2 rings (SSSR count). The van der Waals surface area contributed by atoms with Crippen LogP contribution >= 0.6 is 0 Å². The maximum Gasteiger partial charge on any atom is 0.0322 e. The number of hydrogen-bond donors (Lipinski definition) is 1. The predicted octanol–water partition coefficient (Wildman–Crippen LogP) is 5.04. The van der Waals surface area contributed by atoms with E-state index < -0.39 is 0 Å². The molecule has 0 radical (unpaired) electrons. The fraction of sp³-hybridized carbons (Fsp3) is 0.684. The molecule has 1 atom stereocenters. The summed E-state index contributed by atoms with van der Waals surface area (Å²) < 4.78 is 0. The van der Waals surface area contributed by atoms with E-state index in [2.05, 4.69) is 44.3 Å². The van der Waals surface area contributed by atoms with E-state index >= 15 is 0 Å². The summed E-state index contributed by atoms with van der Waals surface area (Å²) in [6.45, 7) is 7.82. The number of benzene rings is 1. The van der Waals surface area contributed by atoms with Gasteiger partial charge in [0.2, 0.25) is 0 Å². The quantitative estimate of drug-likeness (QED) is 0.733. The van der Waals surface area contributed by atoms with Crippen molar-refractivity contribution < 1.29 is 0 Å². The molecule has 1 aromatic carbocycles. The highest BCUT2D eigenvalue weighted by Gasteiger charge is 2.21. The summed E-state index contributed by atoms with van der Waals surface area (Å²) in [5.41, 5.74) is 4.57. The molecule has 0 aliphatic heterocycles. The van der Waals surface area contributed by atoms with Crippen molar-refractivity contribution in [2.24, 2.45) is 5.92 Å². The van der Waals surface area contributed by atoms with Gasteiger partial charge >= 0.3 is 0 Å². The Morgan fingerprint density at radius 1 is 1.05 bits per heavy atom. The van der Waals surface area contributed by atoms with Gasteiger partial charge in [-0.25, -0.2) is 0 Å². The van der Waals surface area contributed by atoms with Crippen LogP contribution in [0.5, 0.6) is 0 Å². The summed E-state index contributed by atoms with van der Waals surface area (Å²) in [6.07, 6.45) is 9.39. The van der Waals surface area contributed by atoms with Crippen molar-refractivity contribution >= 4 is 0 Å². The molecule has 1 N–H and O–H groups in total. The Kier molecular flexibility index (Phi) is 6.09. The number of nitrogens with one attached hydrogen (secondary N) is 1. The third-order valence-corrected chi connectivity index (χ3v) is 4.89. The van der Waals surface area contributed by atoms with E-state index in [1.54, 1.807) is 5.56 Å². The molecule has 20 heavy (non-hydrogen) atoms. The Hall–Kier alpha value is -0.820. The maximum absolute atomic E-state index is 3.71. The van der Waals surface area contributed by atoms with Gasteiger partial charge in [-0.3, -0.25) is 0 Å². The highest BCUT2D eigenvalue weighted by molar-refractivity contribution is 5.34. The average Bonchev–Trinajstić information content (AvgIpc) is 2.99. The summed E-state index contributed by atoms with van der Waals surface area (Å²) in [5, 5.41) is 3.71. The molecule has 1 fully saturated rings. The molecule has 1 aliphatic rings. The van der Waals surface area contributed by atoms with Crippen LogP contribution in [0.1, 0.15) is 75.6 Å². The molecule has 0 saturated heterocycles. The third-order valence-electron chi connectivity index (χ3n) is 4.89. The van der Waals surface area contributed by atoms with Crippen LogP contribution in [-0.4, -0.2) is 6.54 Å². The van der Waals surface area contributed by atoms with E-state index in [-0.39, 0.29) is 0 Å². The molecule has 0 aromatic heterocycles. The van der Waals surface area contributed by atoms with Crippen LogP contribution in [0.15, 0.2) is 18.2 Å². The lowest BCUT2D eigenvalue weighted by Crippen LogP contribution is -2.23. The van der Waals surface area contributed by atoms with Crippen LogP contribution in [0.4, 0.5) is 0 Å². The second kappa shape index (κ2) is 7.83. The molecule has 1 aliphatic carbocycles.